The number of carbonyl (C=O) groups is 1. The van der Waals surface area contributed by atoms with Crippen LogP contribution in [0.3, 0.4) is 0 Å². The van der Waals surface area contributed by atoms with Crippen LogP contribution < -0.4 is 5.32 Å². The molecule has 1 heterocycles. The summed E-state index contributed by atoms with van der Waals surface area (Å²) in [6.07, 6.45) is 2.47. The lowest BCUT2D eigenvalue weighted by molar-refractivity contribution is 0.0943. The Hall–Kier alpha value is -1.44. The first-order valence-corrected chi connectivity index (χ1v) is 10.8. The van der Waals surface area contributed by atoms with Crippen LogP contribution >= 0.6 is 0 Å². The molecule has 0 spiro atoms. The number of nitrogens with one attached hydrogen (secondary N) is 1. The van der Waals surface area contributed by atoms with Crippen molar-refractivity contribution in [2.24, 2.45) is 5.92 Å². The van der Waals surface area contributed by atoms with Gasteiger partial charge in [-0.3, -0.25) is 4.79 Å². The maximum Gasteiger partial charge on any atom is 0.251 e. The predicted octanol–water partition coefficient (Wildman–Crippen LogP) is 2.57. The molecular weight excluding hydrogens is 352 g/mol. The van der Waals surface area contributed by atoms with E-state index < -0.39 is 10.0 Å². The second kappa shape index (κ2) is 9.48. The van der Waals surface area contributed by atoms with Crippen molar-refractivity contribution in [3.05, 3.63) is 29.3 Å². The fourth-order valence-electron chi connectivity index (χ4n) is 3.00. The Kier molecular flexibility index (Phi) is 7.61. The molecule has 6 nitrogen and oxygen atoms in total. The zero-order valence-corrected chi connectivity index (χ0v) is 16.8. The summed E-state index contributed by atoms with van der Waals surface area (Å²) in [7, 11) is -3.56. The normalized spacial score (nSPS) is 16.6. The number of aryl methyl sites for hydroxylation is 1. The summed E-state index contributed by atoms with van der Waals surface area (Å²) in [5.74, 6) is 0.306. The van der Waals surface area contributed by atoms with E-state index >= 15 is 0 Å². The molecule has 1 amide bonds. The van der Waals surface area contributed by atoms with Crippen molar-refractivity contribution in [2.45, 2.75) is 44.9 Å². The molecule has 0 radical (unpaired) electrons. The molecule has 0 aliphatic carbocycles. The number of ether oxygens (including phenoxy) is 1. The Morgan fingerprint density at radius 1 is 1.31 bits per heavy atom. The summed E-state index contributed by atoms with van der Waals surface area (Å²) < 4.78 is 32.6. The van der Waals surface area contributed by atoms with Crippen LogP contribution in [-0.2, 0) is 14.8 Å². The van der Waals surface area contributed by atoms with Crippen LogP contribution in [0.4, 0.5) is 0 Å². The molecule has 26 heavy (non-hydrogen) atoms. The Balaban J connectivity index is 2.09. The smallest absolute Gasteiger partial charge is 0.251 e. The van der Waals surface area contributed by atoms with Gasteiger partial charge in [-0.05, 0) is 56.7 Å². The lowest BCUT2D eigenvalue weighted by Crippen LogP contribution is -2.38. The van der Waals surface area contributed by atoms with E-state index in [2.05, 4.69) is 12.2 Å². The third-order valence-electron chi connectivity index (χ3n) is 4.79. The lowest BCUT2D eigenvalue weighted by Gasteiger charge is -2.29. The van der Waals surface area contributed by atoms with E-state index in [9.17, 15) is 13.2 Å². The number of nitrogens with zero attached hydrogens (tertiary/aromatic N) is 1. The van der Waals surface area contributed by atoms with Crippen LogP contribution in [0.15, 0.2) is 23.1 Å². The number of sulfonamides is 1. The van der Waals surface area contributed by atoms with Crippen molar-refractivity contribution in [3.8, 4) is 0 Å². The van der Waals surface area contributed by atoms with Crippen molar-refractivity contribution in [1.29, 1.82) is 0 Å². The second-order valence-electron chi connectivity index (χ2n) is 6.87. The van der Waals surface area contributed by atoms with Gasteiger partial charge in [-0.2, -0.15) is 4.31 Å². The molecule has 1 aliphatic rings. The number of carbonyl (C=O) groups excluding carboxylic acids is 1. The summed E-state index contributed by atoms with van der Waals surface area (Å²) in [5, 5.41) is 2.84. The third-order valence-corrected chi connectivity index (χ3v) is 6.68. The van der Waals surface area contributed by atoms with Gasteiger partial charge in [-0.15, -0.1) is 0 Å². The van der Waals surface area contributed by atoms with Crippen molar-refractivity contribution < 1.29 is 17.9 Å². The molecule has 1 fully saturated rings. The number of amides is 1. The van der Waals surface area contributed by atoms with Crippen molar-refractivity contribution in [2.75, 3.05) is 32.8 Å². The van der Waals surface area contributed by atoms with Gasteiger partial charge in [0.15, 0.2) is 0 Å². The first-order chi connectivity index (χ1) is 12.4. The van der Waals surface area contributed by atoms with Gasteiger partial charge in [0, 0.05) is 38.4 Å². The third kappa shape index (κ3) is 5.28. The van der Waals surface area contributed by atoms with Crippen LogP contribution in [0, 0.1) is 12.8 Å². The molecule has 1 aromatic carbocycles. The molecule has 0 aromatic heterocycles. The fraction of sp³-hybridized carbons (Fsp3) is 0.632. The Morgan fingerprint density at radius 2 is 2.00 bits per heavy atom. The zero-order chi connectivity index (χ0) is 19.2. The molecule has 1 saturated heterocycles. The quantitative estimate of drug-likeness (QED) is 0.701. The monoisotopic (exact) mass is 382 g/mol. The predicted molar refractivity (Wildman–Crippen MR) is 102 cm³/mol. The van der Waals surface area contributed by atoms with E-state index in [1.54, 1.807) is 12.1 Å². The van der Waals surface area contributed by atoms with Crippen molar-refractivity contribution in [1.82, 2.24) is 9.62 Å². The van der Waals surface area contributed by atoms with Gasteiger partial charge in [-0.25, -0.2) is 8.42 Å². The molecule has 1 aliphatic heterocycles. The summed E-state index contributed by atoms with van der Waals surface area (Å²) in [6.45, 7) is 8.71. The lowest BCUT2D eigenvalue weighted by atomic mass is 10.0. The van der Waals surface area contributed by atoms with E-state index in [0.717, 1.165) is 24.8 Å². The van der Waals surface area contributed by atoms with Gasteiger partial charge in [0.25, 0.3) is 5.91 Å². The molecular formula is C19H30N2O4S. The van der Waals surface area contributed by atoms with Gasteiger partial charge < -0.3 is 10.1 Å². The second-order valence-corrected chi connectivity index (χ2v) is 8.81. The standard InChI is InChI=1S/C19H30N2O4S/c1-4-25-13-5-10-20-19(22)18-14-17(7-6-16(18)3)26(23,24)21-11-8-15(2)9-12-21/h6-7,14-15H,4-5,8-13H2,1-3H3,(H,20,22). The summed E-state index contributed by atoms with van der Waals surface area (Å²) in [4.78, 5) is 12.6. The van der Waals surface area contributed by atoms with Gasteiger partial charge in [0.2, 0.25) is 10.0 Å². The van der Waals surface area contributed by atoms with Crippen LogP contribution in [0.25, 0.3) is 0 Å². The van der Waals surface area contributed by atoms with Gasteiger partial charge in [-0.1, -0.05) is 13.0 Å². The molecule has 2 rings (SSSR count). The van der Waals surface area contributed by atoms with E-state index in [1.165, 1.54) is 10.4 Å². The highest BCUT2D eigenvalue weighted by Crippen LogP contribution is 2.24. The van der Waals surface area contributed by atoms with E-state index in [-0.39, 0.29) is 10.8 Å². The SMILES string of the molecule is CCOCCCNC(=O)c1cc(S(=O)(=O)N2CCC(C)CC2)ccc1C. The highest BCUT2D eigenvalue weighted by Gasteiger charge is 2.28. The molecule has 1 aromatic rings. The highest BCUT2D eigenvalue weighted by atomic mass is 32.2. The minimum atomic E-state index is -3.56. The maximum absolute atomic E-state index is 12.9. The number of rotatable bonds is 8. The summed E-state index contributed by atoms with van der Waals surface area (Å²) >= 11 is 0. The average Bonchev–Trinajstić information content (AvgIpc) is 2.62. The van der Waals surface area contributed by atoms with E-state index in [0.29, 0.717) is 44.3 Å². The molecule has 0 bridgehead atoms. The molecule has 7 heteroatoms. The number of hydrogen-bond acceptors (Lipinski definition) is 4. The van der Waals surface area contributed by atoms with Crippen molar-refractivity contribution >= 4 is 15.9 Å². The molecule has 0 unspecified atom stereocenters. The fourth-order valence-corrected chi connectivity index (χ4v) is 4.49. The Labute approximate surface area is 157 Å². The Morgan fingerprint density at radius 3 is 2.65 bits per heavy atom. The first-order valence-electron chi connectivity index (χ1n) is 9.33. The minimum Gasteiger partial charge on any atom is -0.382 e. The topological polar surface area (TPSA) is 75.7 Å². The van der Waals surface area contributed by atoms with Crippen LogP contribution in [0.1, 0.15) is 49.0 Å². The summed E-state index contributed by atoms with van der Waals surface area (Å²) in [6, 6.07) is 4.80. The maximum atomic E-state index is 12.9. The molecule has 0 atom stereocenters. The van der Waals surface area contributed by atoms with Crippen LogP contribution in [0.2, 0.25) is 0 Å². The van der Waals surface area contributed by atoms with Gasteiger partial charge >= 0.3 is 0 Å². The zero-order valence-electron chi connectivity index (χ0n) is 16.0. The van der Waals surface area contributed by atoms with Crippen molar-refractivity contribution in [3.63, 3.8) is 0 Å². The van der Waals surface area contributed by atoms with Crippen LogP contribution in [0.5, 0.6) is 0 Å². The number of benzene rings is 1. The molecule has 1 N–H and O–H groups in total. The van der Waals surface area contributed by atoms with Crippen LogP contribution in [-0.4, -0.2) is 51.5 Å². The van der Waals surface area contributed by atoms with E-state index in [4.69, 9.17) is 4.74 Å². The number of piperidine rings is 1. The first kappa shape index (κ1) is 20.9. The minimum absolute atomic E-state index is 0.192. The van der Waals surface area contributed by atoms with Gasteiger partial charge in [0.05, 0.1) is 4.90 Å². The van der Waals surface area contributed by atoms with E-state index in [1.807, 2.05) is 13.8 Å². The number of hydrogen-bond donors (Lipinski definition) is 1. The summed E-state index contributed by atoms with van der Waals surface area (Å²) in [5.41, 5.74) is 1.17. The molecule has 146 valence electrons. The highest BCUT2D eigenvalue weighted by molar-refractivity contribution is 7.89. The largest absolute Gasteiger partial charge is 0.382 e. The Bertz CT molecular complexity index is 710. The average molecular weight is 383 g/mol. The van der Waals surface area contributed by atoms with Gasteiger partial charge in [0.1, 0.15) is 0 Å². The molecule has 0 saturated carbocycles.